The minimum Gasteiger partial charge on any atom is -0.488 e. The van der Waals surface area contributed by atoms with Crippen LogP contribution >= 0.6 is 0 Å². The molecule has 1 atom stereocenters. The maximum Gasteiger partial charge on any atom is 0.171 e. The SMILES string of the molecule is C=[N+](C)CC(O)COc1ccc(N)cc1N. The third-order valence-corrected chi connectivity index (χ3v) is 1.99. The Morgan fingerprint density at radius 2 is 2.19 bits per heavy atom. The maximum absolute atomic E-state index is 9.55. The summed E-state index contributed by atoms with van der Waals surface area (Å²) in [6.07, 6.45) is -0.598. The molecule has 0 aliphatic rings. The Labute approximate surface area is 94.9 Å². The van der Waals surface area contributed by atoms with Crippen molar-refractivity contribution in [3.8, 4) is 5.75 Å². The van der Waals surface area contributed by atoms with Crippen LogP contribution in [0.5, 0.6) is 5.75 Å². The van der Waals surface area contributed by atoms with Crippen LogP contribution < -0.4 is 16.2 Å². The Morgan fingerprint density at radius 1 is 1.50 bits per heavy atom. The Balaban J connectivity index is 2.51. The van der Waals surface area contributed by atoms with E-state index >= 15 is 0 Å². The molecule has 0 fully saturated rings. The molecule has 1 unspecified atom stereocenters. The van der Waals surface area contributed by atoms with Crippen LogP contribution in [0.15, 0.2) is 18.2 Å². The van der Waals surface area contributed by atoms with Gasteiger partial charge in [-0.2, -0.15) is 0 Å². The van der Waals surface area contributed by atoms with Crippen molar-refractivity contribution in [3.63, 3.8) is 0 Å². The molecule has 0 aliphatic heterocycles. The summed E-state index contributed by atoms with van der Waals surface area (Å²) in [5, 5.41) is 9.55. The van der Waals surface area contributed by atoms with E-state index in [2.05, 4.69) is 6.72 Å². The van der Waals surface area contributed by atoms with E-state index in [-0.39, 0.29) is 6.61 Å². The van der Waals surface area contributed by atoms with Gasteiger partial charge in [0.1, 0.15) is 32.2 Å². The molecule has 0 bridgehead atoms. The molecule has 1 aromatic carbocycles. The van der Waals surface area contributed by atoms with E-state index in [4.69, 9.17) is 16.2 Å². The summed E-state index contributed by atoms with van der Waals surface area (Å²) >= 11 is 0. The van der Waals surface area contributed by atoms with Gasteiger partial charge in [-0.25, -0.2) is 4.58 Å². The minimum absolute atomic E-state index is 0.175. The largest absolute Gasteiger partial charge is 0.488 e. The van der Waals surface area contributed by atoms with E-state index in [1.54, 1.807) is 29.8 Å². The Morgan fingerprint density at radius 3 is 2.75 bits per heavy atom. The molecular weight excluding hydrogens is 206 g/mol. The highest BCUT2D eigenvalue weighted by Gasteiger charge is 2.10. The lowest BCUT2D eigenvalue weighted by Crippen LogP contribution is -2.27. The van der Waals surface area contributed by atoms with Gasteiger partial charge in [0.15, 0.2) is 6.54 Å². The zero-order valence-electron chi connectivity index (χ0n) is 9.39. The van der Waals surface area contributed by atoms with E-state index in [0.717, 1.165) is 0 Å². The number of anilines is 2. The predicted molar refractivity (Wildman–Crippen MR) is 64.9 cm³/mol. The van der Waals surface area contributed by atoms with Gasteiger partial charge in [-0.3, -0.25) is 0 Å². The number of rotatable bonds is 5. The molecule has 0 radical (unpaired) electrons. The molecule has 5 heteroatoms. The second-order valence-corrected chi connectivity index (χ2v) is 3.80. The standard InChI is InChI=1S/C11H18N3O2/c1-14(2)6-9(15)7-16-11-4-3-8(12)5-10(11)13/h3-5,9,15H,1,6-7,12-13H2,2H3/q+1. The summed E-state index contributed by atoms with van der Waals surface area (Å²) in [4.78, 5) is 0. The third-order valence-electron chi connectivity index (χ3n) is 1.99. The van der Waals surface area contributed by atoms with Crippen LogP contribution in [-0.4, -0.2) is 42.7 Å². The quantitative estimate of drug-likeness (QED) is 0.371. The number of ether oxygens (including phenoxy) is 1. The van der Waals surface area contributed by atoms with Crippen molar-refractivity contribution in [2.45, 2.75) is 6.10 Å². The highest BCUT2D eigenvalue weighted by molar-refractivity contribution is 5.60. The fourth-order valence-corrected chi connectivity index (χ4v) is 1.30. The number of hydrogen-bond donors (Lipinski definition) is 3. The average molecular weight is 224 g/mol. The number of nitrogen functional groups attached to an aromatic ring is 2. The van der Waals surface area contributed by atoms with Gasteiger partial charge in [0.25, 0.3) is 0 Å². The van der Waals surface area contributed by atoms with Crippen molar-refractivity contribution in [1.29, 1.82) is 0 Å². The van der Waals surface area contributed by atoms with E-state index in [1.165, 1.54) is 0 Å². The fourth-order valence-electron chi connectivity index (χ4n) is 1.30. The lowest BCUT2D eigenvalue weighted by Gasteiger charge is -2.12. The Bertz CT molecular complexity index is 379. The van der Waals surface area contributed by atoms with E-state index in [9.17, 15) is 5.11 Å². The molecule has 0 aliphatic carbocycles. The number of nitrogens with zero attached hydrogens (tertiary/aromatic N) is 1. The number of aliphatic hydroxyl groups is 1. The van der Waals surface area contributed by atoms with Gasteiger partial charge in [-0.05, 0) is 18.2 Å². The van der Waals surface area contributed by atoms with Crippen molar-refractivity contribution >= 4 is 18.1 Å². The second-order valence-electron chi connectivity index (χ2n) is 3.80. The van der Waals surface area contributed by atoms with Crippen LogP contribution in [0.3, 0.4) is 0 Å². The van der Waals surface area contributed by atoms with Crippen LogP contribution in [0.1, 0.15) is 0 Å². The van der Waals surface area contributed by atoms with Crippen molar-refractivity contribution in [2.75, 3.05) is 31.7 Å². The Kier molecular flexibility index (Phi) is 4.13. The Hall–Kier alpha value is -1.75. The topological polar surface area (TPSA) is 84.5 Å². The highest BCUT2D eigenvalue weighted by atomic mass is 16.5. The monoisotopic (exact) mass is 224 g/mol. The van der Waals surface area contributed by atoms with Crippen molar-refractivity contribution in [2.24, 2.45) is 0 Å². The first kappa shape index (κ1) is 12.3. The zero-order valence-corrected chi connectivity index (χ0v) is 9.39. The van der Waals surface area contributed by atoms with E-state index in [1.807, 2.05) is 0 Å². The predicted octanol–water partition coefficient (Wildman–Crippen LogP) is -0.0664. The summed E-state index contributed by atoms with van der Waals surface area (Å²) in [5.74, 6) is 0.528. The third kappa shape index (κ3) is 3.78. The van der Waals surface area contributed by atoms with Gasteiger partial charge in [0.2, 0.25) is 0 Å². The minimum atomic E-state index is -0.598. The number of benzene rings is 1. The normalized spacial score (nSPS) is 12.1. The van der Waals surface area contributed by atoms with E-state index < -0.39 is 6.10 Å². The number of aliphatic hydroxyl groups excluding tert-OH is 1. The molecule has 0 spiro atoms. The summed E-state index contributed by atoms with van der Waals surface area (Å²) in [5.41, 5.74) is 12.3. The summed E-state index contributed by atoms with van der Waals surface area (Å²) in [6.45, 7) is 4.25. The molecule has 0 heterocycles. The summed E-state index contributed by atoms with van der Waals surface area (Å²) in [7, 11) is 1.78. The number of hydrogen-bond acceptors (Lipinski definition) is 4. The van der Waals surface area contributed by atoms with Crippen LogP contribution in [0.25, 0.3) is 0 Å². The first-order valence-electron chi connectivity index (χ1n) is 4.96. The molecule has 16 heavy (non-hydrogen) atoms. The van der Waals surface area contributed by atoms with Crippen LogP contribution in [0.4, 0.5) is 11.4 Å². The van der Waals surface area contributed by atoms with Crippen LogP contribution in [0.2, 0.25) is 0 Å². The molecule has 0 aromatic heterocycles. The van der Waals surface area contributed by atoms with Crippen molar-refractivity contribution in [3.05, 3.63) is 18.2 Å². The molecule has 1 aromatic rings. The van der Waals surface area contributed by atoms with Crippen LogP contribution in [0, 0.1) is 0 Å². The zero-order chi connectivity index (χ0) is 12.1. The summed E-state index contributed by atoms with van der Waals surface area (Å²) in [6, 6.07) is 5.01. The van der Waals surface area contributed by atoms with Crippen molar-refractivity contribution in [1.82, 2.24) is 0 Å². The molecule has 5 nitrogen and oxygen atoms in total. The molecule has 88 valence electrons. The summed E-state index contributed by atoms with van der Waals surface area (Å²) < 4.78 is 7.01. The molecular formula is C11H18N3O2+. The molecule has 0 saturated carbocycles. The highest BCUT2D eigenvalue weighted by Crippen LogP contribution is 2.23. The first-order valence-corrected chi connectivity index (χ1v) is 4.96. The van der Waals surface area contributed by atoms with Gasteiger partial charge in [0, 0.05) is 5.69 Å². The fraction of sp³-hybridized carbons (Fsp3) is 0.364. The van der Waals surface area contributed by atoms with Gasteiger partial charge in [-0.15, -0.1) is 0 Å². The molecule has 1 rings (SSSR count). The number of nitrogens with two attached hydrogens (primary N) is 2. The number of likely N-dealkylation sites (N-methyl/N-ethyl adjacent to an activating group) is 1. The molecule has 5 N–H and O–H groups in total. The molecule has 0 amide bonds. The van der Waals surface area contributed by atoms with Crippen LogP contribution in [-0.2, 0) is 0 Å². The lowest BCUT2D eigenvalue weighted by molar-refractivity contribution is -0.498. The maximum atomic E-state index is 9.55. The van der Waals surface area contributed by atoms with E-state index in [0.29, 0.717) is 23.7 Å². The van der Waals surface area contributed by atoms with Gasteiger partial charge in [0.05, 0.1) is 5.69 Å². The molecule has 0 saturated heterocycles. The van der Waals surface area contributed by atoms with Gasteiger partial charge >= 0.3 is 0 Å². The smallest absolute Gasteiger partial charge is 0.171 e. The van der Waals surface area contributed by atoms with Gasteiger partial charge in [-0.1, -0.05) is 0 Å². The second kappa shape index (κ2) is 5.37. The van der Waals surface area contributed by atoms with Crippen molar-refractivity contribution < 1.29 is 14.4 Å². The lowest BCUT2D eigenvalue weighted by atomic mass is 10.2. The van der Waals surface area contributed by atoms with Gasteiger partial charge < -0.3 is 21.3 Å². The average Bonchev–Trinajstić information content (AvgIpc) is 2.15. The first-order chi connectivity index (χ1) is 7.49.